The number of amides is 1. The molecule has 1 atom stereocenters. The number of aromatic nitrogens is 1. The van der Waals surface area contributed by atoms with E-state index < -0.39 is 10.0 Å². The number of nitrogens with zero attached hydrogens (tertiary/aromatic N) is 2. The average molecular weight is 436 g/mol. The van der Waals surface area contributed by atoms with Gasteiger partial charge in [-0.1, -0.05) is 30.2 Å². The zero-order valence-electron chi connectivity index (χ0n) is 17.4. The fourth-order valence-electron chi connectivity index (χ4n) is 3.85. The molecule has 0 saturated carbocycles. The van der Waals surface area contributed by atoms with Crippen LogP contribution in [0, 0.1) is 6.92 Å². The molecule has 0 aliphatic carbocycles. The van der Waals surface area contributed by atoms with Crippen molar-refractivity contribution in [1.82, 2.24) is 9.29 Å². The fraction of sp³-hybridized carbons (Fsp3) is 0.250. The van der Waals surface area contributed by atoms with Crippen molar-refractivity contribution < 1.29 is 13.2 Å². The van der Waals surface area contributed by atoms with Gasteiger partial charge in [-0.05, 0) is 67.8 Å². The number of hydrogen-bond acceptors (Lipinski definition) is 4. The van der Waals surface area contributed by atoms with Crippen molar-refractivity contribution in [2.75, 3.05) is 11.9 Å². The van der Waals surface area contributed by atoms with Gasteiger partial charge in [-0.3, -0.25) is 9.78 Å². The highest BCUT2D eigenvalue weighted by Gasteiger charge is 2.34. The molecule has 2 heterocycles. The standard InChI is InChI=1S/C24H25N3O3S/c1-18-7-9-19(10-8-18)24(28)26-21-11-13-22(14-12-21)31(29,30)27-16-3-2-6-23(27)20-5-4-15-25-17-20/h4-5,7-15,17,23H,2-3,6,16H2,1H3,(H,26,28)/t23-/m1/s1. The third-order valence-electron chi connectivity index (χ3n) is 5.56. The first-order chi connectivity index (χ1) is 14.9. The number of carbonyl (C=O) groups is 1. The Bertz CT molecular complexity index is 1140. The second-order valence-electron chi connectivity index (χ2n) is 7.76. The maximum Gasteiger partial charge on any atom is 0.255 e. The van der Waals surface area contributed by atoms with E-state index in [1.165, 1.54) is 0 Å². The summed E-state index contributed by atoms with van der Waals surface area (Å²) in [5, 5.41) is 2.81. The maximum absolute atomic E-state index is 13.4. The van der Waals surface area contributed by atoms with E-state index in [1.807, 2.05) is 31.2 Å². The topological polar surface area (TPSA) is 79.4 Å². The molecular formula is C24H25N3O3S. The number of nitrogens with one attached hydrogen (secondary N) is 1. The highest BCUT2D eigenvalue weighted by atomic mass is 32.2. The number of pyridine rings is 1. The predicted molar refractivity (Wildman–Crippen MR) is 120 cm³/mol. The number of sulfonamides is 1. The van der Waals surface area contributed by atoms with Crippen molar-refractivity contribution in [3.8, 4) is 0 Å². The van der Waals surface area contributed by atoms with Crippen LogP contribution in [0.15, 0.2) is 78.0 Å². The zero-order chi connectivity index (χ0) is 21.8. The van der Waals surface area contributed by atoms with Gasteiger partial charge in [0.05, 0.1) is 10.9 Å². The lowest BCUT2D eigenvalue weighted by Gasteiger charge is -2.34. The van der Waals surface area contributed by atoms with Crippen molar-refractivity contribution in [2.24, 2.45) is 0 Å². The third-order valence-corrected chi connectivity index (χ3v) is 7.48. The van der Waals surface area contributed by atoms with Gasteiger partial charge in [0, 0.05) is 30.2 Å². The van der Waals surface area contributed by atoms with Crippen molar-refractivity contribution in [3.63, 3.8) is 0 Å². The van der Waals surface area contributed by atoms with Crippen LogP contribution in [-0.2, 0) is 10.0 Å². The molecule has 4 rings (SSSR count). The molecular weight excluding hydrogens is 410 g/mol. The molecule has 0 radical (unpaired) electrons. The predicted octanol–water partition coefficient (Wildman–Crippen LogP) is 4.56. The summed E-state index contributed by atoms with van der Waals surface area (Å²) in [6, 6.07) is 17.2. The lowest BCUT2D eigenvalue weighted by Crippen LogP contribution is -2.38. The fourth-order valence-corrected chi connectivity index (χ4v) is 5.54. The van der Waals surface area contributed by atoms with Gasteiger partial charge in [0.15, 0.2) is 0 Å². The zero-order valence-corrected chi connectivity index (χ0v) is 18.2. The first kappa shape index (κ1) is 21.2. The van der Waals surface area contributed by atoms with E-state index in [-0.39, 0.29) is 16.8 Å². The number of rotatable bonds is 5. The van der Waals surface area contributed by atoms with E-state index >= 15 is 0 Å². The normalized spacial score (nSPS) is 17.3. The lowest BCUT2D eigenvalue weighted by atomic mass is 9.99. The van der Waals surface area contributed by atoms with Crippen molar-refractivity contribution in [2.45, 2.75) is 37.1 Å². The van der Waals surface area contributed by atoms with Crippen LogP contribution in [0.5, 0.6) is 0 Å². The van der Waals surface area contributed by atoms with Crippen LogP contribution >= 0.6 is 0 Å². The molecule has 0 unspecified atom stereocenters. The second-order valence-corrected chi connectivity index (χ2v) is 9.65. The second kappa shape index (κ2) is 8.99. The van der Waals surface area contributed by atoms with Gasteiger partial charge in [-0.2, -0.15) is 4.31 Å². The van der Waals surface area contributed by atoms with Gasteiger partial charge < -0.3 is 5.32 Å². The molecule has 160 valence electrons. The Morgan fingerprint density at radius 3 is 2.45 bits per heavy atom. The molecule has 2 aromatic carbocycles. The molecule has 1 saturated heterocycles. The highest BCUT2D eigenvalue weighted by Crippen LogP contribution is 2.35. The summed E-state index contributed by atoms with van der Waals surface area (Å²) in [5.74, 6) is -0.233. The van der Waals surface area contributed by atoms with E-state index in [4.69, 9.17) is 0 Å². The number of hydrogen-bond donors (Lipinski definition) is 1. The summed E-state index contributed by atoms with van der Waals surface area (Å²) in [5.41, 5.74) is 3.09. The van der Waals surface area contributed by atoms with Gasteiger partial charge in [0.1, 0.15) is 0 Å². The monoisotopic (exact) mass is 435 g/mol. The Morgan fingerprint density at radius 1 is 1.03 bits per heavy atom. The lowest BCUT2D eigenvalue weighted by molar-refractivity contribution is 0.102. The highest BCUT2D eigenvalue weighted by molar-refractivity contribution is 7.89. The minimum absolute atomic E-state index is 0.214. The Balaban J connectivity index is 1.53. The summed E-state index contributed by atoms with van der Waals surface area (Å²) in [7, 11) is -3.67. The molecule has 3 aromatic rings. The Morgan fingerprint density at radius 2 is 1.77 bits per heavy atom. The first-order valence-electron chi connectivity index (χ1n) is 10.3. The average Bonchev–Trinajstić information content (AvgIpc) is 2.80. The van der Waals surface area contributed by atoms with E-state index in [9.17, 15) is 13.2 Å². The number of carbonyl (C=O) groups excluding carboxylic acids is 1. The SMILES string of the molecule is Cc1ccc(C(=O)Nc2ccc(S(=O)(=O)N3CCCC[C@@H]3c3cccnc3)cc2)cc1. The summed E-state index contributed by atoms with van der Waals surface area (Å²) in [6.07, 6.45) is 6.02. The Labute approximate surface area is 183 Å². The van der Waals surface area contributed by atoms with Crippen LogP contribution in [0.25, 0.3) is 0 Å². The molecule has 1 amide bonds. The molecule has 31 heavy (non-hydrogen) atoms. The van der Waals surface area contributed by atoms with E-state index in [0.717, 1.165) is 30.4 Å². The molecule has 1 aliphatic rings. The van der Waals surface area contributed by atoms with Crippen molar-refractivity contribution in [1.29, 1.82) is 0 Å². The van der Waals surface area contributed by atoms with Gasteiger partial charge in [0.25, 0.3) is 5.91 Å². The van der Waals surface area contributed by atoms with Gasteiger partial charge in [0.2, 0.25) is 10.0 Å². The molecule has 0 spiro atoms. The van der Waals surface area contributed by atoms with Crippen LogP contribution in [0.3, 0.4) is 0 Å². The summed E-state index contributed by atoms with van der Waals surface area (Å²) < 4.78 is 28.3. The van der Waals surface area contributed by atoms with Crippen LogP contribution in [0.4, 0.5) is 5.69 Å². The minimum atomic E-state index is -3.67. The number of anilines is 1. The van der Waals surface area contributed by atoms with Crippen LogP contribution in [0.2, 0.25) is 0 Å². The summed E-state index contributed by atoms with van der Waals surface area (Å²) >= 11 is 0. The molecule has 0 bridgehead atoms. The molecule has 1 fully saturated rings. The largest absolute Gasteiger partial charge is 0.322 e. The third kappa shape index (κ3) is 4.68. The maximum atomic E-state index is 13.4. The number of aryl methyl sites for hydroxylation is 1. The van der Waals surface area contributed by atoms with Crippen molar-refractivity contribution in [3.05, 3.63) is 89.7 Å². The number of piperidine rings is 1. The molecule has 7 heteroatoms. The first-order valence-corrected chi connectivity index (χ1v) is 11.8. The molecule has 1 aromatic heterocycles. The van der Waals surface area contributed by atoms with Gasteiger partial charge >= 0.3 is 0 Å². The smallest absolute Gasteiger partial charge is 0.255 e. The molecule has 1 aliphatic heterocycles. The Kier molecular flexibility index (Phi) is 6.15. The quantitative estimate of drug-likeness (QED) is 0.637. The van der Waals surface area contributed by atoms with E-state index in [1.54, 1.807) is 53.1 Å². The van der Waals surface area contributed by atoms with Crippen LogP contribution in [-0.4, -0.2) is 30.2 Å². The van der Waals surface area contributed by atoms with E-state index in [2.05, 4.69) is 10.3 Å². The van der Waals surface area contributed by atoms with Crippen LogP contribution in [0.1, 0.15) is 46.8 Å². The minimum Gasteiger partial charge on any atom is -0.322 e. The van der Waals surface area contributed by atoms with Crippen LogP contribution < -0.4 is 5.32 Å². The number of benzene rings is 2. The van der Waals surface area contributed by atoms with Gasteiger partial charge in [-0.25, -0.2) is 8.42 Å². The Hall–Kier alpha value is -3.03. The summed E-state index contributed by atoms with van der Waals surface area (Å²) in [6.45, 7) is 2.44. The van der Waals surface area contributed by atoms with Crippen molar-refractivity contribution >= 4 is 21.6 Å². The summed E-state index contributed by atoms with van der Waals surface area (Å²) in [4.78, 5) is 16.8. The molecule has 1 N–H and O–H groups in total. The van der Waals surface area contributed by atoms with E-state index in [0.29, 0.717) is 17.8 Å². The molecule has 6 nitrogen and oxygen atoms in total. The van der Waals surface area contributed by atoms with Gasteiger partial charge in [-0.15, -0.1) is 0 Å².